The molecule has 0 spiro atoms. The molecule has 1 saturated heterocycles. The summed E-state index contributed by atoms with van der Waals surface area (Å²) in [6, 6.07) is 0.387. The molecule has 5 nitrogen and oxygen atoms in total. The van der Waals surface area contributed by atoms with Gasteiger partial charge in [-0.3, -0.25) is 9.69 Å². The SMILES string of the molecule is C/C=C1/CCO/C1=C/C=C/C(C)CN(CC(=O)N(CCCC)CCCCN(C)C)C(C)CC. The van der Waals surface area contributed by atoms with Crippen LogP contribution in [0.25, 0.3) is 0 Å². The number of hydrogen-bond donors (Lipinski definition) is 0. The van der Waals surface area contributed by atoms with Crippen molar-refractivity contribution in [1.29, 1.82) is 0 Å². The molecule has 0 aromatic heterocycles. The van der Waals surface area contributed by atoms with Gasteiger partial charge in [0.25, 0.3) is 0 Å². The highest BCUT2D eigenvalue weighted by atomic mass is 16.5. The summed E-state index contributed by atoms with van der Waals surface area (Å²) in [5.41, 5.74) is 1.29. The third-order valence-corrected chi connectivity index (χ3v) is 6.47. The molecule has 0 aromatic rings. The summed E-state index contributed by atoms with van der Waals surface area (Å²) in [4.78, 5) is 20.0. The lowest BCUT2D eigenvalue weighted by Crippen LogP contribution is -2.45. The highest BCUT2D eigenvalue weighted by Crippen LogP contribution is 2.23. The fourth-order valence-corrected chi connectivity index (χ4v) is 4.07. The zero-order chi connectivity index (χ0) is 24.6. The highest BCUT2D eigenvalue weighted by molar-refractivity contribution is 5.78. The zero-order valence-electron chi connectivity index (χ0n) is 22.6. The van der Waals surface area contributed by atoms with Gasteiger partial charge in [-0.05, 0) is 77.7 Å². The lowest BCUT2D eigenvalue weighted by molar-refractivity contribution is -0.133. The molecule has 1 heterocycles. The van der Waals surface area contributed by atoms with Crippen LogP contribution in [0.3, 0.4) is 0 Å². The molecular formula is C28H51N3O2. The normalized spacial score (nSPS) is 18.6. The van der Waals surface area contributed by atoms with Crippen LogP contribution < -0.4 is 0 Å². The van der Waals surface area contributed by atoms with Gasteiger partial charge in [0.05, 0.1) is 13.2 Å². The number of allylic oxidation sites excluding steroid dienone is 4. The molecule has 1 rings (SSSR count). The Labute approximate surface area is 204 Å². The molecular weight excluding hydrogens is 410 g/mol. The van der Waals surface area contributed by atoms with Crippen molar-refractivity contribution in [3.05, 3.63) is 35.6 Å². The number of hydrogen-bond acceptors (Lipinski definition) is 4. The molecule has 1 amide bonds. The molecule has 0 bridgehead atoms. The van der Waals surface area contributed by atoms with E-state index >= 15 is 0 Å². The summed E-state index contributed by atoms with van der Waals surface area (Å²) < 4.78 is 5.72. The Bertz CT molecular complexity index is 639. The maximum absolute atomic E-state index is 13.3. The van der Waals surface area contributed by atoms with Gasteiger partial charge in [0.1, 0.15) is 5.76 Å². The maximum atomic E-state index is 13.3. The number of carbonyl (C=O) groups is 1. The first-order valence-electron chi connectivity index (χ1n) is 13.2. The van der Waals surface area contributed by atoms with Crippen LogP contribution in [0.2, 0.25) is 0 Å². The molecule has 190 valence electrons. The van der Waals surface area contributed by atoms with Crippen LogP contribution >= 0.6 is 0 Å². The molecule has 0 N–H and O–H groups in total. The molecule has 5 heteroatoms. The summed E-state index contributed by atoms with van der Waals surface area (Å²) in [5.74, 6) is 1.64. The van der Waals surface area contributed by atoms with Crippen LogP contribution in [0.1, 0.15) is 73.1 Å². The van der Waals surface area contributed by atoms with Gasteiger partial charge in [0.15, 0.2) is 0 Å². The minimum absolute atomic E-state index is 0.281. The van der Waals surface area contributed by atoms with Crippen LogP contribution in [0, 0.1) is 5.92 Å². The Morgan fingerprint density at radius 3 is 2.42 bits per heavy atom. The van der Waals surface area contributed by atoms with E-state index in [1.165, 1.54) is 5.57 Å². The zero-order valence-corrected chi connectivity index (χ0v) is 22.6. The van der Waals surface area contributed by atoms with Crippen molar-refractivity contribution < 1.29 is 9.53 Å². The molecule has 1 fully saturated rings. The Morgan fingerprint density at radius 2 is 1.79 bits per heavy atom. The lowest BCUT2D eigenvalue weighted by Gasteiger charge is -2.32. The van der Waals surface area contributed by atoms with E-state index in [1.807, 2.05) is 0 Å². The van der Waals surface area contributed by atoms with E-state index < -0.39 is 0 Å². The second-order valence-corrected chi connectivity index (χ2v) is 9.74. The predicted molar refractivity (Wildman–Crippen MR) is 141 cm³/mol. The third kappa shape index (κ3) is 11.9. The Balaban J connectivity index is 2.71. The topological polar surface area (TPSA) is 36.0 Å². The van der Waals surface area contributed by atoms with Crippen LogP contribution in [0.4, 0.5) is 0 Å². The lowest BCUT2D eigenvalue weighted by atomic mass is 10.1. The quantitative estimate of drug-likeness (QED) is 0.284. The smallest absolute Gasteiger partial charge is 0.236 e. The third-order valence-electron chi connectivity index (χ3n) is 6.47. The average molecular weight is 462 g/mol. The minimum Gasteiger partial charge on any atom is -0.493 e. The first-order chi connectivity index (χ1) is 15.8. The van der Waals surface area contributed by atoms with E-state index in [0.717, 1.165) is 77.1 Å². The van der Waals surface area contributed by atoms with Gasteiger partial charge in [-0.2, -0.15) is 0 Å². The number of amides is 1. The van der Waals surface area contributed by atoms with Crippen LogP contribution in [-0.4, -0.2) is 80.1 Å². The second kappa shape index (κ2) is 16.9. The number of rotatable bonds is 16. The number of nitrogens with zero attached hydrogens (tertiary/aromatic N) is 3. The number of unbranched alkanes of at least 4 members (excludes halogenated alkanes) is 2. The maximum Gasteiger partial charge on any atom is 0.236 e. The van der Waals surface area contributed by atoms with E-state index in [-0.39, 0.29) is 5.91 Å². The van der Waals surface area contributed by atoms with Gasteiger partial charge >= 0.3 is 0 Å². The minimum atomic E-state index is 0.281. The van der Waals surface area contributed by atoms with Crippen molar-refractivity contribution in [2.24, 2.45) is 5.92 Å². The predicted octanol–water partition coefficient (Wildman–Crippen LogP) is 5.50. The standard InChI is InChI=1S/C28H51N3O2/c1-8-11-19-30(20-13-12-18-29(6)7)28(32)23-31(25(5)9-2)22-24(4)15-14-16-27-26(10-3)17-21-33-27/h10,14-16,24-25H,8-9,11-13,17-23H2,1-7H3/b15-14+,26-10-,27-16+. The molecule has 0 radical (unpaired) electrons. The Morgan fingerprint density at radius 1 is 1.09 bits per heavy atom. The van der Waals surface area contributed by atoms with Gasteiger partial charge in [-0.25, -0.2) is 0 Å². The summed E-state index contributed by atoms with van der Waals surface area (Å²) in [6.45, 7) is 15.9. The molecule has 0 aliphatic carbocycles. The van der Waals surface area contributed by atoms with Crippen molar-refractivity contribution >= 4 is 5.91 Å². The highest BCUT2D eigenvalue weighted by Gasteiger charge is 2.21. The second-order valence-electron chi connectivity index (χ2n) is 9.74. The molecule has 1 aliphatic rings. The number of carbonyl (C=O) groups excluding carboxylic acids is 1. The monoisotopic (exact) mass is 461 g/mol. The van der Waals surface area contributed by atoms with Crippen molar-refractivity contribution in [2.45, 2.75) is 79.2 Å². The van der Waals surface area contributed by atoms with E-state index in [2.05, 4.69) is 87.7 Å². The molecule has 1 aliphatic heterocycles. The van der Waals surface area contributed by atoms with Crippen molar-refractivity contribution in [3.8, 4) is 0 Å². The summed E-state index contributed by atoms with van der Waals surface area (Å²) in [5, 5.41) is 0. The largest absolute Gasteiger partial charge is 0.493 e. The molecule has 0 aromatic carbocycles. The van der Waals surface area contributed by atoms with E-state index in [4.69, 9.17) is 4.74 Å². The van der Waals surface area contributed by atoms with Crippen molar-refractivity contribution in [3.63, 3.8) is 0 Å². The van der Waals surface area contributed by atoms with Gasteiger partial charge in [-0.15, -0.1) is 0 Å². The fourth-order valence-electron chi connectivity index (χ4n) is 4.07. The van der Waals surface area contributed by atoms with Gasteiger partial charge < -0.3 is 14.5 Å². The van der Waals surface area contributed by atoms with Crippen molar-refractivity contribution in [1.82, 2.24) is 14.7 Å². The molecule has 2 atom stereocenters. The number of ether oxygens (including phenoxy) is 1. The fraction of sp³-hybridized carbons (Fsp3) is 0.750. The van der Waals surface area contributed by atoms with E-state index in [9.17, 15) is 4.79 Å². The Kier molecular flexibility index (Phi) is 15.1. The van der Waals surface area contributed by atoms with Crippen LogP contribution in [0.5, 0.6) is 0 Å². The summed E-state index contributed by atoms with van der Waals surface area (Å²) >= 11 is 0. The van der Waals surface area contributed by atoms with Gasteiger partial charge in [-0.1, -0.05) is 45.4 Å². The first-order valence-corrected chi connectivity index (χ1v) is 13.2. The van der Waals surface area contributed by atoms with Gasteiger partial charge in [0.2, 0.25) is 5.91 Å². The van der Waals surface area contributed by atoms with E-state index in [1.54, 1.807) is 0 Å². The molecule has 2 unspecified atom stereocenters. The summed E-state index contributed by atoms with van der Waals surface area (Å²) in [6.07, 6.45) is 15.0. The first kappa shape index (κ1) is 29.4. The van der Waals surface area contributed by atoms with Crippen LogP contribution in [-0.2, 0) is 9.53 Å². The van der Waals surface area contributed by atoms with Crippen LogP contribution in [0.15, 0.2) is 35.6 Å². The Hall–Kier alpha value is -1.59. The van der Waals surface area contributed by atoms with Crippen molar-refractivity contribution in [2.75, 3.05) is 53.4 Å². The summed E-state index contributed by atoms with van der Waals surface area (Å²) in [7, 11) is 4.21. The van der Waals surface area contributed by atoms with Gasteiger partial charge in [0, 0.05) is 32.1 Å². The average Bonchev–Trinajstić information content (AvgIpc) is 3.24. The molecule has 33 heavy (non-hydrogen) atoms. The molecule has 0 saturated carbocycles. The van der Waals surface area contributed by atoms with E-state index in [0.29, 0.717) is 18.5 Å².